The third-order valence-electron chi connectivity index (χ3n) is 3.00. The summed E-state index contributed by atoms with van der Waals surface area (Å²) in [6, 6.07) is 10.3. The summed E-state index contributed by atoms with van der Waals surface area (Å²) in [6.07, 6.45) is 0. The second kappa shape index (κ2) is 6.53. The number of amides is 1. The smallest absolute Gasteiger partial charge is 0.243 e. The predicted molar refractivity (Wildman–Crippen MR) is 88.6 cm³/mol. The lowest BCUT2D eigenvalue weighted by molar-refractivity contribution is -0.120. The largest absolute Gasteiger partial charge is 0.497 e. The molecule has 5 N–H and O–H groups in total. The zero-order valence-electron chi connectivity index (χ0n) is 13.3. The van der Waals surface area contributed by atoms with Crippen LogP contribution >= 0.6 is 0 Å². The van der Waals surface area contributed by atoms with E-state index in [1.165, 1.54) is 0 Å². The van der Waals surface area contributed by atoms with Crippen molar-refractivity contribution in [1.82, 2.24) is 4.98 Å². The van der Waals surface area contributed by atoms with Gasteiger partial charge in [0.1, 0.15) is 11.5 Å². The zero-order chi connectivity index (χ0) is 17.0. The molecule has 0 aliphatic carbocycles. The van der Waals surface area contributed by atoms with E-state index < -0.39 is 5.54 Å². The molecule has 122 valence electrons. The van der Waals surface area contributed by atoms with Gasteiger partial charge in [-0.2, -0.15) is 4.98 Å². The molecule has 23 heavy (non-hydrogen) atoms. The predicted octanol–water partition coefficient (Wildman–Crippen LogP) is 2.14. The van der Waals surface area contributed by atoms with E-state index in [1.54, 1.807) is 51.3 Å². The van der Waals surface area contributed by atoms with E-state index in [2.05, 4.69) is 10.3 Å². The van der Waals surface area contributed by atoms with Crippen LogP contribution in [0, 0.1) is 0 Å². The molecule has 0 bridgehead atoms. The molecule has 1 aromatic carbocycles. The Morgan fingerprint density at radius 3 is 2.52 bits per heavy atom. The fourth-order valence-corrected chi connectivity index (χ4v) is 1.69. The number of nitrogen functional groups attached to an aromatic ring is 1. The fraction of sp³-hybridized carbons (Fsp3) is 0.250. The van der Waals surface area contributed by atoms with Gasteiger partial charge in [-0.25, -0.2) is 0 Å². The lowest BCUT2D eigenvalue weighted by atomic mass is 10.1. The molecule has 7 nitrogen and oxygen atoms in total. The number of nitrogens with one attached hydrogen (secondary N) is 1. The van der Waals surface area contributed by atoms with Crippen molar-refractivity contribution < 1.29 is 14.3 Å². The summed E-state index contributed by atoms with van der Waals surface area (Å²) in [7, 11) is 1.58. The molecule has 0 saturated heterocycles. The molecule has 2 rings (SSSR count). The number of hydrogen-bond donors (Lipinski definition) is 3. The molecule has 1 aromatic heterocycles. The number of methoxy groups -OCH3 is 1. The maximum Gasteiger partial charge on any atom is 0.243 e. The Morgan fingerprint density at radius 1 is 1.22 bits per heavy atom. The molecule has 0 saturated carbocycles. The summed E-state index contributed by atoms with van der Waals surface area (Å²) in [5, 5.41) is 2.63. The maximum absolute atomic E-state index is 11.9. The van der Waals surface area contributed by atoms with E-state index in [0.717, 1.165) is 0 Å². The number of pyridine rings is 1. The van der Waals surface area contributed by atoms with Crippen LogP contribution in [0.1, 0.15) is 13.8 Å². The molecule has 0 fully saturated rings. The van der Waals surface area contributed by atoms with Crippen LogP contribution in [0.5, 0.6) is 17.4 Å². The Labute approximate surface area is 134 Å². The lowest BCUT2D eigenvalue weighted by Crippen LogP contribution is -2.45. The highest BCUT2D eigenvalue weighted by atomic mass is 16.5. The van der Waals surface area contributed by atoms with E-state index >= 15 is 0 Å². The van der Waals surface area contributed by atoms with E-state index in [1.807, 2.05) is 6.07 Å². The number of ether oxygens (including phenoxy) is 2. The summed E-state index contributed by atoms with van der Waals surface area (Å²) in [5.74, 6) is 1.33. The second-order valence-corrected chi connectivity index (χ2v) is 5.54. The van der Waals surface area contributed by atoms with Crippen LogP contribution in [-0.4, -0.2) is 23.5 Å². The third kappa shape index (κ3) is 4.33. The molecule has 1 amide bonds. The fourth-order valence-electron chi connectivity index (χ4n) is 1.69. The minimum absolute atomic E-state index is 0.142. The summed E-state index contributed by atoms with van der Waals surface area (Å²) in [5.41, 5.74) is 10.9. The van der Waals surface area contributed by atoms with Gasteiger partial charge in [-0.05, 0) is 32.0 Å². The first-order valence-electron chi connectivity index (χ1n) is 6.98. The van der Waals surface area contributed by atoms with Crippen LogP contribution in [0.3, 0.4) is 0 Å². The minimum Gasteiger partial charge on any atom is -0.497 e. The van der Waals surface area contributed by atoms with Crippen molar-refractivity contribution >= 4 is 17.4 Å². The first-order chi connectivity index (χ1) is 10.8. The van der Waals surface area contributed by atoms with E-state index in [-0.39, 0.29) is 11.7 Å². The van der Waals surface area contributed by atoms with Crippen molar-refractivity contribution in [3.8, 4) is 17.4 Å². The normalized spacial score (nSPS) is 11.0. The van der Waals surface area contributed by atoms with Crippen LogP contribution in [-0.2, 0) is 4.79 Å². The Kier molecular flexibility index (Phi) is 4.71. The molecule has 0 aliphatic rings. The molecular weight excluding hydrogens is 296 g/mol. The molecule has 1 heterocycles. The number of carbonyl (C=O) groups is 1. The highest BCUT2D eigenvalue weighted by Gasteiger charge is 2.22. The summed E-state index contributed by atoms with van der Waals surface area (Å²) < 4.78 is 10.7. The Morgan fingerprint density at radius 2 is 1.91 bits per heavy atom. The van der Waals surface area contributed by atoms with E-state index in [9.17, 15) is 4.79 Å². The van der Waals surface area contributed by atoms with Crippen molar-refractivity contribution in [2.75, 3.05) is 18.2 Å². The SMILES string of the molecule is COc1cccc(Oc2ccc(NC(=O)C(C)(C)N)c(N)n2)c1. The standard InChI is InChI=1S/C16H20N4O3/c1-16(2,18)15(21)19-12-7-8-13(20-14(12)17)23-11-6-4-5-10(9-11)22-3/h4-9H,18H2,1-3H3,(H2,17,20)(H,19,21). The Bertz CT molecular complexity index is 711. The van der Waals surface area contributed by atoms with Crippen LogP contribution in [0.2, 0.25) is 0 Å². The first kappa shape index (κ1) is 16.6. The quantitative estimate of drug-likeness (QED) is 0.779. The highest BCUT2D eigenvalue weighted by Crippen LogP contribution is 2.27. The number of nitrogens with zero attached hydrogens (tertiary/aromatic N) is 1. The Hall–Kier alpha value is -2.80. The van der Waals surface area contributed by atoms with Gasteiger partial charge in [-0.15, -0.1) is 0 Å². The topological polar surface area (TPSA) is 112 Å². The van der Waals surface area contributed by atoms with Gasteiger partial charge in [0.2, 0.25) is 11.8 Å². The highest BCUT2D eigenvalue weighted by molar-refractivity contribution is 5.99. The van der Waals surface area contributed by atoms with Crippen LogP contribution in [0.15, 0.2) is 36.4 Å². The van der Waals surface area contributed by atoms with Crippen molar-refractivity contribution in [3.05, 3.63) is 36.4 Å². The number of anilines is 2. The first-order valence-corrected chi connectivity index (χ1v) is 6.98. The van der Waals surface area contributed by atoms with Gasteiger partial charge in [0.25, 0.3) is 0 Å². The van der Waals surface area contributed by atoms with Crippen molar-refractivity contribution in [2.45, 2.75) is 19.4 Å². The van der Waals surface area contributed by atoms with Gasteiger partial charge in [0.05, 0.1) is 18.3 Å². The van der Waals surface area contributed by atoms with Crippen LogP contribution < -0.4 is 26.3 Å². The van der Waals surface area contributed by atoms with Gasteiger partial charge >= 0.3 is 0 Å². The number of hydrogen-bond acceptors (Lipinski definition) is 6. The van der Waals surface area contributed by atoms with Crippen LogP contribution in [0.25, 0.3) is 0 Å². The van der Waals surface area contributed by atoms with Gasteiger partial charge < -0.3 is 26.3 Å². The lowest BCUT2D eigenvalue weighted by Gasteiger charge is -2.18. The summed E-state index contributed by atoms with van der Waals surface area (Å²) >= 11 is 0. The average molecular weight is 316 g/mol. The summed E-state index contributed by atoms with van der Waals surface area (Å²) in [6.45, 7) is 3.21. The van der Waals surface area contributed by atoms with Crippen molar-refractivity contribution in [2.24, 2.45) is 5.73 Å². The molecule has 2 aromatic rings. The summed E-state index contributed by atoms with van der Waals surface area (Å²) in [4.78, 5) is 16.0. The zero-order valence-corrected chi connectivity index (χ0v) is 13.3. The van der Waals surface area contributed by atoms with E-state index in [4.69, 9.17) is 20.9 Å². The number of aromatic nitrogens is 1. The van der Waals surface area contributed by atoms with Crippen molar-refractivity contribution in [3.63, 3.8) is 0 Å². The number of nitrogens with two attached hydrogens (primary N) is 2. The second-order valence-electron chi connectivity index (χ2n) is 5.54. The van der Waals surface area contributed by atoms with Crippen molar-refractivity contribution in [1.29, 1.82) is 0 Å². The minimum atomic E-state index is -1.01. The Balaban J connectivity index is 2.14. The van der Waals surface area contributed by atoms with Gasteiger partial charge in [-0.1, -0.05) is 6.07 Å². The number of carbonyl (C=O) groups excluding carboxylic acids is 1. The average Bonchev–Trinajstić information content (AvgIpc) is 2.49. The molecular formula is C16H20N4O3. The molecule has 7 heteroatoms. The molecule has 0 radical (unpaired) electrons. The molecule has 0 atom stereocenters. The molecule has 0 spiro atoms. The molecule has 0 unspecified atom stereocenters. The molecule has 0 aliphatic heterocycles. The maximum atomic E-state index is 11.9. The van der Waals surface area contributed by atoms with Gasteiger partial charge in [0.15, 0.2) is 5.82 Å². The van der Waals surface area contributed by atoms with Gasteiger partial charge in [-0.3, -0.25) is 4.79 Å². The monoisotopic (exact) mass is 316 g/mol. The number of benzene rings is 1. The van der Waals surface area contributed by atoms with E-state index in [0.29, 0.717) is 23.1 Å². The third-order valence-corrected chi connectivity index (χ3v) is 3.00. The van der Waals surface area contributed by atoms with Gasteiger partial charge in [0, 0.05) is 12.1 Å². The number of rotatable bonds is 5. The van der Waals surface area contributed by atoms with Crippen LogP contribution in [0.4, 0.5) is 11.5 Å².